The maximum Gasteiger partial charge on any atom is 0.229 e. The fourth-order valence-corrected chi connectivity index (χ4v) is 4.37. The van der Waals surface area contributed by atoms with Gasteiger partial charge in [-0.25, -0.2) is 0 Å². The van der Waals surface area contributed by atoms with Crippen LogP contribution in [0.1, 0.15) is 13.8 Å². The first-order chi connectivity index (χ1) is 16.2. The summed E-state index contributed by atoms with van der Waals surface area (Å²) >= 11 is 0. The Morgan fingerprint density at radius 1 is 0.794 bits per heavy atom. The van der Waals surface area contributed by atoms with Crippen LogP contribution in [0.2, 0.25) is 0 Å². The van der Waals surface area contributed by atoms with Crippen LogP contribution in [0.25, 0.3) is 0 Å². The van der Waals surface area contributed by atoms with Crippen molar-refractivity contribution >= 4 is 0 Å². The highest BCUT2D eigenvalue weighted by Crippen LogP contribution is 2.39. The molecule has 0 saturated carbocycles. The molecule has 0 radical (unpaired) electrons. The Morgan fingerprint density at radius 2 is 1.38 bits per heavy atom. The van der Waals surface area contributed by atoms with Crippen molar-refractivity contribution in [3.05, 3.63) is 24.3 Å². The average Bonchev–Trinajstić information content (AvgIpc) is 3.16. The Labute approximate surface area is 196 Å². The van der Waals surface area contributed by atoms with E-state index >= 15 is 0 Å². The molecule has 4 rings (SSSR count). The first-order valence-electron chi connectivity index (χ1n) is 11.1. The van der Waals surface area contributed by atoms with Crippen LogP contribution in [0.5, 0.6) is 11.5 Å². The van der Waals surface area contributed by atoms with Crippen LogP contribution in [0.3, 0.4) is 0 Å². The Hall–Kier alpha value is -1.58. The number of aliphatic hydroxyl groups excluding tert-OH is 5. The fourth-order valence-electron chi connectivity index (χ4n) is 4.37. The minimum atomic E-state index is -1.56. The Bertz CT molecular complexity index is 802. The van der Waals surface area contributed by atoms with E-state index in [4.69, 9.17) is 33.2 Å². The molecule has 192 valence electrons. The van der Waals surface area contributed by atoms with Gasteiger partial charge in [0.15, 0.2) is 12.1 Å². The highest BCUT2D eigenvalue weighted by atomic mass is 16.8. The van der Waals surface area contributed by atoms with Gasteiger partial charge < -0.3 is 58.7 Å². The molecule has 10 atom stereocenters. The summed E-state index contributed by atoms with van der Waals surface area (Å²) < 4.78 is 39.3. The molecule has 3 heterocycles. The molecule has 0 aliphatic carbocycles. The number of fused-ring (bicyclic) bond motifs is 1. The van der Waals surface area contributed by atoms with Crippen molar-refractivity contribution in [3.8, 4) is 11.5 Å². The van der Waals surface area contributed by atoms with Gasteiger partial charge in [0, 0.05) is 0 Å². The van der Waals surface area contributed by atoms with Crippen LogP contribution in [-0.4, -0.2) is 113 Å². The van der Waals surface area contributed by atoms with E-state index in [1.54, 1.807) is 38.1 Å². The van der Waals surface area contributed by atoms with Crippen LogP contribution >= 0.6 is 0 Å². The zero-order valence-corrected chi connectivity index (χ0v) is 19.1. The number of methoxy groups -OCH3 is 1. The zero-order chi connectivity index (χ0) is 24.6. The number of rotatable bonds is 7. The normalized spacial score (nSPS) is 41.6. The second-order valence-corrected chi connectivity index (χ2v) is 8.88. The second kappa shape index (κ2) is 10.2. The maximum atomic E-state index is 10.8. The predicted octanol–water partition coefficient (Wildman–Crippen LogP) is -1.50. The molecule has 12 nitrogen and oxygen atoms in total. The molecule has 12 heteroatoms. The monoisotopic (exact) mass is 488 g/mol. The summed E-state index contributed by atoms with van der Waals surface area (Å²) in [6, 6.07) is 6.50. The van der Waals surface area contributed by atoms with Gasteiger partial charge in [-0.1, -0.05) is 0 Å². The molecule has 0 bridgehead atoms. The van der Waals surface area contributed by atoms with Crippen LogP contribution in [0, 0.1) is 0 Å². The first kappa shape index (κ1) is 25.5. The summed E-state index contributed by atoms with van der Waals surface area (Å²) in [5.41, 5.74) is 0. The predicted molar refractivity (Wildman–Crippen MR) is 112 cm³/mol. The van der Waals surface area contributed by atoms with Crippen molar-refractivity contribution in [1.29, 1.82) is 0 Å². The third-order valence-corrected chi connectivity index (χ3v) is 6.06. The fraction of sp³-hybridized carbons (Fsp3) is 0.727. The summed E-state index contributed by atoms with van der Waals surface area (Å²) in [5.74, 6) is -0.0590. The molecule has 1 aromatic carbocycles. The average molecular weight is 488 g/mol. The summed E-state index contributed by atoms with van der Waals surface area (Å²) in [6.45, 7) is 2.33. The van der Waals surface area contributed by atoms with Crippen LogP contribution < -0.4 is 9.47 Å². The van der Waals surface area contributed by atoms with Gasteiger partial charge in [0.1, 0.15) is 60.3 Å². The zero-order valence-electron chi connectivity index (χ0n) is 19.1. The summed E-state index contributed by atoms with van der Waals surface area (Å²) in [7, 11) is 1.52. The summed E-state index contributed by atoms with van der Waals surface area (Å²) in [6.07, 6.45) is -12.0. The molecule has 3 aliphatic heterocycles. The number of hydrogen-bond acceptors (Lipinski definition) is 12. The number of benzene rings is 1. The van der Waals surface area contributed by atoms with Crippen molar-refractivity contribution in [2.24, 2.45) is 0 Å². The van der Waals surface area contributed by atoms with E-state index < -0.39 is 80.4 Å². The number of aliphatic hydroxyl groups is 5. The lowest BCUT2D eigenvalue weighted by molar-refractivity contribution is -0.345. The molecular formula is C22H32O12. The van der Waals surface area contributed by atoms with Crippen molar-refractivity contribution in [3.63, 3.8) is 0 Å². The molecule has 3 saturated heterocycles. The lowest BCUT2D eigenvalue weighted by Gasteiger charge is -2.45. The Balaban J connectivity index is 1.45. The minimum Gasteiger partial charge on any atom is -0.497 e. The van der Waals surface area contributed by atoms with E-state index in [0.29, 0.717) is 11.5 Å². The smallest absolute Gasteiger partial charge is 0.229 e. The molecule has 0 spiro atoms. The highest BCUT2D eigenvalue weighted by Gasteiger charge is 2.57. The van der Waals surface area contributed by atoms with Crippen LogP contribution in [0.15, 0.2) is 24.3 Å². The van der Waals surface area contributed by atoms with E-state index in [0.717, 1.165) is 0 Å². The van der Waals surface area contributed by atoms with E-state index in [-0.39, 0.29) is 0 Å². The minimum absolute atomic E-state index is 0.344. The van der Waals surface area contributed by atoms with Gasteiger partial charge in [-0.15, -0.1) is 0 Å². The molecule has 0 amide bonds. The lowest BCUT2D eigenvalue weighted by atomic mass is 9.97. The quantitative estimate of drug-likeness (QED) is 0.302. The van der Waals surface area contributed by atoms with Gasteiger partial charge >= 0.3 is 0 Å². The van der Waals surface area contributed by atoms with Gasteiger partial charge in [0.05, 0.1) is 20.3 Å². The van der Waals surface area contributed by atoms with Crippen LogP contribution in [-0.2, 0) is 23.7 Å². The molecule has 3 fully saturated rings. The molecule has 0 aromatic heterocycles. The third kappa shape index (κ3) is 5.02. The van der Waals surface area contributed by atoms with Crippen molar-refractivity contribution in [2.75, 3.05) is 20.3 Å². The highest BCUT2D eigenvalue weighted by molar-refractivity contribution is 5.31. The van der Waals surface area contributed by atoms with Crippen molar-refractivity contribution in [2.45, 2.75) is 81.0 Å². The molecule has 1 aromatic rings. The molecular weight excluding hydrogens is 456 g/mol. The second-order valence-electron chi connectivity index (χ2n) is 8.88. The molecule has 3 aliphatic rings. The Morgan fingerprint density at radius 3 is 2.00 bits per heavy atom. The molecule has 0 unspecified atom stereocenters. The van der Waals surface area contributed by atoms with Gasteiger partial charge in [-0.2, -0.15) is 0 Å². The first-order valence-corrected chi connectivity index (χ1v) is 11.1. The van der Waals surface area contributed by atoms with Gasteiger partial charge in [0.25, 0.3) is 0 Å². The largest absolute Gasteiger partial charge is 0.497 e. The van der Waals surface area contributed by atoms with E-state index in [1.165, 1.54) is 7.11 Å². The maximum absolute atomic E-state index is 10.8. The van der Waals surface area contributed by atoms with Crippen molar-refractivity contribution in [1.82, 2.24) is 0 Å². The number of hydrogen-bond donors (Lipinski definition) is 5. The third-order valence-electron chi connectivity index (χ3n) is 6.06. The van der Waals surface area contributed by atoms with Gasteiger partial charge in [-0.05, 0) is 38.1 Å². The molecule has 34 heavy (non-hydrogen) atoms. The summed E-state index contributed by atoms with van der Waals surface area (Å²) in [5, 5.41) is 51.8. The van der Waals surface area contributed by atoms with E-state index in [9.17, 15) is 25.5 Å². The lowest BCUT2D eigenvalue weighted by Crippen LogP contribution is -2.64. The topological polar surface area (TPSA) is 166 Å². The van der Waals surface area contributed by atoms with E-state index in [2.05, 4.69) is 0 Å². The standard InChI is InChI=1S/C22H32O12/c1-22(2)33-18-13(9-24)31-21(16(27)19(18)34-22)32-17-12(8-23)30-20(15(26)14(17)25)29-11-6-4-10(28-3)5-7-11/h4-7,12-21,23-27H,8-9H2,1-3H3/t12-,13-,14-,15-,16-,17-,18+,19-,20-,21+/m1/s1. The van der Waals surface area contributed by atoms with E-state index in [1.807, 2.05) is 0 Å². The Kier molecular flexibility index (Phi) is 7.64. The van der Waals surface area contributed by atoms with Crippen molar-refractivity contribution < 1.29 is 58.7 Å². The summed E-state index contributed by atoms with van der Waals surface area (Å²) in [4.78, 5) is 0. The van der Waals surface area contributed by atoms with Gasteiger partial charge in [0.2, 0.25) is 6.29 Å². The van der Waals surface area contributed by atoms with Crippen LogP contribution in [0.4, 0.5) is 0 Å². The van der Waals surface area contributed by atoms with Gasteiger partial charge in [-0.3, -0.25) is 0 Å². The number of ether oxygens (including phenoxy) is 7. The SMILES string of the molecule is COc1ccc(O[C@@H]2O[C@H](CO)[C@@H](O[C@@H]3O[C@H](CO)[C@@H]4OC(C)(C)O[C@@H]4[C@H]3O)[C@H](O)[C@H]2O)cc1. The molecule has 5 N–H and O–H groups in total.